The van der Waals surface area contributed by atoms with Crippen LogP contribution in [0.15, 0.2) is 6.07 Å². The van der Waals surface area contributed by atoms with Gasteiger partial charge in [0.15, 0.2) is 5.56 Å². The molecule has 9 heteroatoms. The molecule has 0 saturated carbocycles. The van der Waals surface area contributed by atoms with Crippen LogP contribution in [0.1, 0.15) is 23.0 Å². The van der Waals surface area contributed by atoms with Gasteiger partial charge in [-0.25, -0.2) is 14.2 Å². The lowest BCUT2D eigenvalue weighted by Gasteiger charge is -2.13. The molecule has 0 saturated heterocycles. The van der Waals surface area contributed by atoms with Crippen molar-refractivity contribution in [3.63, 3.8) is 0 Å². The Morgan fingerprint density at radius 1 is 1.47 bits per heavy atom. The number of carbonyl (C=O) groups excluding carboxylic acids is 1. The maximum Gasteiger partial charge on any atom is 0.574 e. The summed E-state index contributed by atoms with van der Waals surface area (Å²) in [6, 6.07) is 0.739. The Morgan fingerprint density at radius 2 is 2.11 bits per heavy atom. The molecule has 1 aromatic rings. The van der Waals surface area contributed by atoms with Gasteiger partial charge in [-0.2, -0.15) is 0 Å². The summed E-state index contributed by atoms with van der Waals surface area (Å²) in [6.07, 6.45) is -5.12. The number of hydrogen-bond donors (Lipinski definition) is 0. The van der Waals surface area contributed by atoms with Gasteiger partial charge in [0.25, 0.3) is 0 Å². The smallest absolute Gasteiger partial charge is 0.462 e. The lowest BCUT2D eigenvalue weighted by atomic mass is 10.2. The van der Waals surface area contributed by atoms with E-state index in [2.05, 4.69) is 14.5 Å². The van der Waals surface area contributed by atoms with Gasteiger partial charge in [-0.05, 0) is 13.0 Å². The summed E-state index contributed by atoms with van der Waals surface area (Å²) < 4.78 is 58.1. The Bertz CT molecular complexity index is 479. The third-order valence-electron chi connectivity index (χ3n) is 1.82. The molecule has 0 atom stereocenters. The number of halogens is 5. The second-order valence-electron chi connectivity index (χ2n) is 3.18. The normalized spacial score (nSPS) is 11.3. The maximum absolute atomic E-state index is 13.6. The van der Waals surface area contributed by atoms with Gasteiger partial charge in [0.2, 0.25) is 5.88 Å². The van der Waals surface area contributed by atoms with Gasteiger partial charge in [0.1, 0.15) is 5.82 Å². The van der Waals surface area contributed by atoms with Gasteiger partial charge in [-0.15, -0.1) is 24.8 Å². The van der Waals surface area contributed by atoms with Crippen molar-refractivity contribution in [2.75, 3.05) is 6.61 Å². The van der Waals surface area contributed by atoms with Crippen molar-refractivity contribution in [2.45, 2.75) is 19.2 Å². The van der Waals surface area contributed by atoms with Crippen LogP contribution in [0, 0.1) is 5.82 Å². The number of nitrogens with zero attached hydrogens (tertiary/aromatic N) is 1. The molecule has 0 bridgehead atoms. The molecular weight excluding hydrogens is 294 g/mol. The number of aromatic nitrogens is 1. The highest BCUT2D eigenvalue weighted by Crippen LogP contribution is 2.28. The topological polar surface area (TPSA) is 48.4 Å². The molecule has 106 valence electrons. The van der Waals surface area contributed by atoms with E-state index in [0.717, 1.165) is 6.07 Å². The van der Waals surface area contributed by atoms with Crippen molar-refractivity contribution in [2.24, 2.45) is 0 Å². The monoisotopic (exact) mass is 301 g/mol. The summed E-state index contributed by atoms with van der Waals surface area (Å²) in [4.78, 5) is 14.7. The standard InChI is InChI=1S/C10H8ClF4NO3/c1-2-18-9(17)7-6(12)3-5(4-11)16-8(7)19-10(13,14)15/h3H,2,4H2,1H3. The molecule has 0 aliphatic heterocycles. The molecule has 0 aliphatic rings. The number of esters is 1. The predicted octanol–water partition coefficient (Wildman–Crippen LogP) is 3.03. The van der Waals surface area contributed by atoms with Crippen LogP contribution < -0.4 is 4.74 Å². The first-order valence-electron chi connectivity index (χ1n) is 4.96. The van der Waals surface area contributed by atoms with Gasteiger partial charge >= 0.3 is 12.3 Å². The van der Waals surface area contributed by atoms with Gasteiger partial charge in [-0.1, -0.05) is 0 Å². The summed E-state index contributed by atoms with van der Waals surface area (Å²) >= 11 is 5.35. The zero-order valence-electron chi connectivity index (χ0n) is 9.55. The largest absolute Gasteiger partial charge is 0.574 e. The van der Waals surface area contributed by atoms with Crippen LogP contribution in [-0.2, 0) is 10.6 Å². The van der Waals surface area contributed by atoms with Crippen molar-refractivity contribution in [3.05, 3.63) is 23.1 Å². The van der Waals surface area contributed by atoms with Crippen LogP contribution in [-0.4, -0.2) is 23.9 Å². The number of ether oxygens (including phenoxy) is 2. The third kappa shape index (κ3) is 4.23. The fraction of sp³-hybridized carbons (Fsp3) is 0.400. The average molecular weight is 302 g/mol. The second-order valence-corrected chi connectivity index (χ2v) is 3.44. The van der Waals surface area contributed by atoms with E-state index in [1.54, 1.807) is 0 Å². The van der Waals surface area contributed by atoms with Crippen LogP contribution in [0.2, 0.25) is 0 Å². The van der Waals surface area contributed by atoms with Crippen LogP contribution in [0.3, 0.4) is 0 Å². The highest BCUT2D eigenvalue weighted by molar-refractivity contribution is 6.16. The van der Waals surface area contributed by atoms with E-state index < -0.39 is 29.6 Å². The van der Waals surface area contributed by atoms with E-state index in [9.17, 15) is 22.4 Å². The highest BCUT2D eigenvalue weighted by Gasteiger charge is 2.35. The van der Waals surface area contributed by atoms with Crippen molar-refractivity contribution in [3.8, 4) is 5.88 Å². The Morgan fingerprint density at radius 3 is 2.58 bits per heavy atom. The second kappa shape index (κ2) is 6.05. The Hall–Kier alpha value is -1.57. The van der Waals surface area contributed by atoms with E-state index in [4.69, 9.17) is 11.6 Å². The van der Waals surface area contributed by atoms with E-state index in [0.29, 0.717) is 0 Å². The molecular formula is C10H8ClF4NO3. The summed E-state index contributed by atoms with van der Waals surface area (Å²) in [6.45, 7) is 1.28. The molecule has 0 unspecified atom stereocenters. The zero-order chi connectivity index (χ0) is 14.6. The Balaban J connectivity index is 3.29. The summed E-state index contributed by atoms with van der Waals surface area (Å²) in [5, 5.41) is 0. The minimum Gasteiger partial charge on any atom is -0.462 e. The molecule has 0 spiro atoms. The number of hydrogen-bond acceptors (Lipinski definition) is 4. The van der Waals surface area contributed by atoms with E-state index in [1.165, 1.54) is 6.92 Å². The van der Waals surface area contributed by atoms with Crippen molar-refractivity contribution in [1.29, 1.82) is 0 Å². The van der Waals surface area contributed by atoms with Crippen molar-refractivity contribution < 1.29 is 31.8 Å². The van der Waals surface area contributed by atoms with E-state index in [-0.39, 0.29) is 18.2 Å². The summed E-state index contributed by atoms with van der Waals surface area (Å²) in [5.41, 5.74) is -1.22. The zero-order valence-corrected chi connectivity index (χ0v) is 10.3. The molecule has 4 nitrogen and oxygen atoms in total. The first kappa shape index (κ1) is 15.5. The van der Waals surface area contributed by atoms with Crippen LogP contribution in [0.25, 0.3) is 0 Å². The molecule has 0 fully saturated rings. The van der Waals surface area contributed by atoms with Gasteiger partial charge < -0.3 is 9.47 Å². The first-order valence-corrected chi connectivity index (χ1v) is 5.50. The fourth-order valence-electron chi connectivity index (χ4n) is 1.18. The lowest BCUT2D eigenvalue weighted by Crippen LogP contribution is -2.22. The predicted molar refractivity (Wildman–Crippen MR) is 56.4 cm³/mol. The quantitative estimate of drug-likeness (QED) is 0.487. The van der Waals surface area contributed by atoms with Crippen molar-refractivity contribution in [1.82, 2.24) is 4.98 Å². The number of rotatable bonds is 4. The maximum atomic E-state index is 13.6. The average Bonchev–Trinajstić information content (AvgIpc) is 2.26. The summed E-state index contributed by atoms with van der Waals surface area (Å²) in [7, 11) is 0. The highest BCUT2D eigenvalue weighted by atomic mass is 35.5. The molecule has 0 radical (unpaired) electrons. The van der Waals surface area contributed by atoms with E-state index in [1.807, 2.05) is 0 Å². The first-order chi connectivity index (χ1) is 8.78. The molecule has 0 aliphatic carbocycles. The van der Waals surface area contributed by atoms with Gasteiger partial charge in [0, 0.05) is 0 Å². The van der Waals surface area contributed by atoms with Gasteiger partial charge in [-0.3, -0.25) is 0 Å². The Kier molecular flexibility index (Phi) is 4.93. The summed E-state index contributed by atoms with van der Waals surface area (Å²) in [5.74, 6) is -4.10. The molecule has 19 heavy (non-hydrogen) atoms. The number of carbonyl (C=O) groups is 1. The van der Waals surface area contributed by atoms with E-state index >= 15 is 0 Å². The minimum absolute atomic E-state index is 0.138. The third-order valence-corrected chi connectivity index (χ3v) is 2.09. The molecule has 1 rings (SSSR count). The fourth-order valence-corrected chi connectivity index (χ4v) is 1.32. The molecule has 0 amide bonds. The lowest BCUT2D eigenvalue weighted by molar-refractivity contribution is -0.276. The van der Waals surface area contributed by atoms with Crippen LogP contribution in [0.4, 0.5) is 17.6 Å². The SMILES string of the molecule is CCOC(=O)c1c(F)cc(CCl)nc1OC(F)(F)F. The number of alkyl halides is 4. The molecule has 1 aromatic heterocycles. The van der Waals surface area contributed by atoms with Gasteiger partial charge in [0.05, 0.1) is 18.2 Å². The Labute approximate surface area is 110 Å². The van der Waals surface area contributed by atoms with Crippen LogP contribution in [0.5, 0.6) is 5.88 Å². The van der Waals surface area contributed by atoms with Crippen molar-refractivity contribution >= 4 is 17.6 Å². The van der Waals surface area contributed by atoms with Crippen LogP contribution >= 0.6 is 11.6 Å². The molecule has 1 heterocycles. The number of pyridine rings is 1. The minimum atomic E-state index is -5.12. The molecule has 0 N–H and O–H groups in total. The molecule has 0 aromatic carbocycles.